The van der Waals surface area contributed by atoms with Crippen LogP contribution in [0.3, 0.4) is 0 Å². The quantitative estimate of drug-likeness (QED) is 0.149. The van der Waals surface area contributed by atoms with Gasteiger partial charge in [0.2, 0.25) is 0 Å². The van der Waals surface area contributed by atoms with Gasteiger partial charge in [0.1, 0.15) is 23.0 Å². The van der Waals surface area contributed by atoms with Crippen LogP contribution >= 0.6 is 0 Å². The number of rotatable bonds is 7. The molecule has 0 radical (unpaired) electrons. The van der Waals surface area contributed by atoms with Crippen molar-refractivity contribution in [1.29, 1.82) is 0 Å². The molecule has 0 saturated heterocycles. The summed E-state index contributed by atoms with van der Waals surface area (Å²) in [6.45, 7) is 9.09. The molecule has 2 aliphatic carbocycles. The Balaban J connectivity index is 1.18. The van der Waals surface area contributed by atoms with Crippen LogP contribution in [-0.2, 0) is 23.7 Å². The number of benzene rings is 9. The van der Waals surface area contributed by atoms with Crippen molar-refractivity contribution in [3.63, 3.8) is 0 Å². The molecular weight excluding hydrogens is 777 g/mol. The van der Waals surface area contributed by atoms with Crippen molar-refractivity contribution in [3.05, 3.63) is 203 Å². The van der Waals surface area contributed by atoms with E-state index in [1.165, 1.54) is 114 Å². The molecule has 2 heteroatoms. The van der Waals surface area contributed by atoms with Gasteiger partial charge in [0.05, 0.1) is 0 Å². The van der Waals surface area contributed by atoms with Gasteiger partial charge in [0.15, 0.2) is 0 Å². The topological polar surface area (TPSA) is 18.5 Å². The second-order valence-corrected chi connectivity index (χ2v) is 18.7. The molecule has 1 fully saturated rings. The molecule has 12 rings (SSSR count). The van der Waals surface area contributed by atoms with E-state index in [-0.39, 0.29) is 10.8 Å². The monoisotopic (exact) mass is 828 g/mol. The minimum atomic E-state index is -0.234. The highest BCUT2D eigenvalue weighted by Crippen LogP contribution is 2.61. The molecule has 1 spiro atoms. The minimum Gasteiger partial charge on any atom is -0.456 e. The second-order valence-electron chi connectivity index (χ2n) is 18.7. The van der Waals surface area contributed by atoms with E-state index in [1.54, 1.807) is 0 Å². The summed E-state index contributed by atoms with van der Waals surface area (Å²) in [4.78, 5) is 0. The molecule has 1 aliphatic heterocycles. The average molecular weight is 829 g/mol. The van der Waals surface area contributed by atoms with E-state index in [4.69, 9.17) is 9.47 Å². The van der Waals surface area contributed by atoms with Crippen LogP contribution in [0, 0.1) is 0 Å². The van der Waals surface area contributed by atoms with Crippen LogP contribution in [0.5, 0.6) is 23.0 Å². The molecule has 1 saturated carbocycles. The van der Waals surface area contributed by atoms with E-state index in [9.17, 15) is 0 Å². The standard InChI is InChI=1S/C62H52O2/c1-5-39-20-7-11-34-55(39)63-59-40(6-2)21-15-28-47(59)41-23-16-25-44-50(41)38-51-42(48-29-19-33-54-60(48)64-56-35-12-10-32-53(56)61(54,3)4)24-17-26-45(51)57(44)49-30-18-27-46-43-22-8-9-31-52(43)62(58(46)49)36-13-14-37-62/h7-12,15-35,38H,5-6,13-14,36-37H2,1-4H3. The van der Waals surface area contributed by atoms with Crippen LogP contribution in [-0.4, -0.2) is 0 Å². The molecule has 312 valence electrons. The number of para-hydroxylation sites is 4. The van der Waals surface area contributed by atoms with E-state index < -0.39 is 0 Å². The van der Waals surface area contributed by atoms with Crippen LogP contribution < -0.4 is 9.47 Å². The van der Waals surface area contributed by atoms with Gasteiger partial charge in [0, 0.05) is 33.1 Å². The number of hydrogen-bond acceptors (Lipinski definition) is 2. The van der Waals surface area contributed by atoms with Crippen LogP contribution in [0.25, 0.3) is 66.1 Å². The van der Waals surface area contributed by atoms with E-state index in [2.05, 4.69) is 198 Å². The number of hydrogen-bond donors (Lipinski definition) is 0. The molecule has 0 amide bonds. The molecule has 3 aliphatic rings. The van der Waals surface area contributed by atoms with E-state index >= 15 is 0 Å². The predicted molar refractivity (Wildman–Crippen MR) is 266 cm³/mol. The number of fused-ring (bicyclic) bond motifs is 9. The summed E-state index contributed by atoms with van der Waals surface area (Å²) in [6.07, 6.45) is 6.57. The van der Waals surface area contributed by atoms with Gasteiger partial charge in [-0.05, 0) is 121 Å². The third-order valence-corrected chi connectivity index (χ3v) is 15.1. The summed E-state index contributed by atoms with van der Waals surface area (Å²) in [5.41, 5.74) is 17.6. The summed E-state index contributed by atoms with van der Waals surface area (Å²) in [6, 6.07) is 63.2. The molecular formula is C62H52O2. The Bertz CT molecular complexity index is 3340. The van der Waals surface area contributed by atoms with Crippen LogP contribution in [0.4, 0.5) is 0 Å². The molecule has 0 N–H and O–H groups in total. The zero-order chi connectivity index (χ0) is 43.2. The summed E-state index contributed by atoms with van der Waals surface area (Å²) < 4.78 is 14.1. The zero-order valence-corrected chi connectivity index (χ0v) is 37.2. The first-order valence-corrected chi connectivity index (χ1v) is 23.4. The third kappa shape index (κ3) is 5.64. The Morgan fingerprint density at radius 1 is 0.469 bits per heavy atom. The number of aryl methyl sites for hydroxylation is 2. The lowest BCUT2D eigenvalue weighted by Crippen LogP contribution is -2.24. The molecule has 9 aromatic rings. The lowest BCUT2D eigenvalue weighted by molar-refractivity contribution is 0.419. The van der Waals surface area contributed by atoms with E-state index in [0.29, 0.717) is 0 Å². The molecule has 64 heavy (non-hydrogen) atoms. The van der Waals surface area contributed by atoms with E-state index in [1.807, 2.05) is 0 Å². The highest BCUT2D eigenvalue weighted by molar-refractivity contribution is 6.20. The molecule has 2 nitrogen and oxygen atoms in total. The Labute approximate surface area is 377 Å². The van der Waals surface area contributed by atoms with Gasteiger partial charge < -0.3 is 9.47 Å². The van der Waals surface area contributed by atoms with Crippen molar-refractivity contribution >= 4 is 21.5 Å². The summed E-state index contributed by atoms with van der Waals surface area (Å²) >= 11 is 0. The first kappa shape index (κ1) is 38.7. The van der Waals surface area contributed by atoms with Gasteiger partial charge in [0.25, 0.3) is 0 Å². The summed E-state index contributed by atoms with van der Waals surface area (Å²) in [5.74, 6) is 3.71. The molecule has 0 aromatic heterocycles. The lowest BCUT2D eigenvalue weighted by atomic mass is 9.73. The van der Waals surface area contributed by atoms with Crippen molar-refractivity contribution in [2.24, 2.45) is 0 Å². The number of ether oxygens (including phenoxy) is 2. The third-order valence-electron chi connectivity index (χ3n) is 15.1. The highest BCUT2D eigenvalue weighted by Gasteiger charge is 2.46. The summed E-state index contributed by atoms with van der Waals surface area (Å²) in [7, 11) is 0. The fourth-order valence-corrected chi connectivity index (χ4v) is 12.1. The normalized spacial score (nSPS) is 15.1. The Hall–Kier alpha value is -6.90. The van der Waals surface area contributed by atoms with Crippen molar-refractivity contribution in [1.82, 2.24) is 0 Å². The average Bonchev–Trinajstić information content (AvgIpc) is 3.94. The first-order valence-electron chi connectivity index (χ1n) is 23.4. The van der Waals surface area contributed by atoms with Crippen LogP contribution in [0.2, 0.25) is 0 Å². The maximum Gasteiger partial charge on any atom is 0.139 e. The fourth-order valence-electron chi connectivity index (χ4n) is 12.1. The molecule has 0 unspecified atom stereocenters. The fraction of sp³-hybridized carbons (Fsp3) is 0.194. The second kappa shape index (κ2) is 14.8. The van der Waals surface area contributed by atoms with Crippen LogP contribution in [0.15, 0.2) is 170 Å². The molecule has 0 atom stereocenters. The Morgan fingerprint density at radius 2 is 1.02 bits per heavy atom. The van der Waals surface area contributed by atoms with Crippen molar-refractivity contribution in [2.45, 2.75) is 77.0 Å². The zero-order valence-electron chi connectivity index (χ0n) is 37.2. The SMILES string of the molecule is CCc1ccccc1Oc1c(CC)cccc1-c1cccc2c(-c3cccc4c3C3(CCCC3)c3ccccc3-4)c3cccc(-c4cccc5c4Oc4ccccc4C5(C)C)c3cc12. The maximum atomic E-state index is 7.11. The highest BCUT2D eigenvalue weighted by atomic mass is 16.5. The molecule has 9 aromatic carbocycles. The largest absolute Gasteiger partial charge is 0.456 e. The first-order chi connectivity index (χ1) is 31.4. The Morgan fingerprint density at radius 3 is 1.80 bits per heavy atom. The van der Waals surface area contributed by atoms with Gasteiger partial charge in [-0.3, -0.25) is 0 Å². The Kier molecular flexibility index (Phi) is 8.99. The van der Waals surface area contributed by atoms with Gasteiger partial charge in [-0.1, -0.05) is 192 Å². The van der Waals surface area contributed by atoms with Crippen molar-refractivity contribution < 1.29 is 9.47 Å². The molecule has 0 bridgehead atoms. The van der Waals surface area contributed by atoms with Crippen molar-refractivity contribution in [3.8, 4) is 67.5 Å². The van der Waals surface area contributed by atoms with Crippen LogP contribution in [0.1, 0.15) is 86.8 Å². The van der Waals surface area contributed by atoms with Gasteiger partial charge in [-0.15, -0.1) is 0 Å². The predicted octanol–water partition coefficient (Wildman–Crippen LogP) is 17.2. The van der Waals surface area contributed by atoms with Gasteiger partial charge in [-0.2, -0.15) is 0 Å². The molecule has 1 heterocycles. The van der Waals surface area contributed by atoms with Gasteiger partial charge in [-0.25, -0.2) is 0 Å². The van der Waals surface area contributed by atoms with E-state index in [0.717, 1.165) is 47.0 Å². The minimum absolute atomic E-state index is 0.0132. The van der Waals surface area contributed by atoms with Crippen molar-refractivity contribution in [2.75, 3.05) is 0 Å². The summed E-state index contributed by atoms with van der Waals surface area (Å²) in [5, 5.41) is 4.93. The smallest absolute Gasteiger partial charge is 0.139 e. The lowest BCUT2D eigenvalue weighted by Gasteiger charge is -2.35. The maximum absolute atomic E-state index is 7.11. The van der Waals surface area contributed by atoms with Gasteiger partial charge >= 0.3 is 0 Å².